The summed E-state index contributed by atoms with van der Waals surface area (Å²) in [6.45, 7) is 11.6. The van der Waals surface area contributed by atoms with Crippen LogP contribution in [0.25, 0.3) is 0 Å². The zero-order valence-electron chi connectivity index (χ0n) is 23.8. The van der Waals surface area contributed by atoms with Crippen LogP contribution >= 0.6 is 11.8 Å². The maximum atomic E-state index is 12.3. The molecule has 3 amide bonds. The Hall–Kier alpha value is -1.73. The molecule has 2 saturated heterocycles. The summed E-state index contributed by atoms with van der Waals surface area (Å²) in [6.07, 6.45) is 7.02. The highest BCUT2D eigenvalue weighted by Gasteiger charge is 2.42. The maximum absolute atomic E-state index is 12.3. The van der Waals surface area contributed by atoms with E-state index in [0.717, 1.165) is 56.6 Å². The smallest absolute Gasteiger partial charge is 0.315 e. The first kappa shape index (κ1) is 30.8. The molecule has 3 aliphatic rings. The first-order valence-corrected chi connectivity index (χ1v) is 15.0. The van der Waals surface area contributed by atoms with Crippen molar-refractivity contribution >= 4 is 23.7 Å². The molecule has 11 nitrogen and oxygen atoms in total. The molecular weight excluding hydrogens is 506 g/mol. The predicted octanol–water partition coefficient (Wildman–Crippen LogP) is 1.58. The molecule has 0 saturated carbocycles. The van der Waals surface area contributed by atoms with E-state index in [1.54, 1.807) is 0 Å². The molecule has 0 aromatic heterocycles. The zero-order chi connectivity index (χ0) is 27.6. The molecule has 2 unspecified atom stereocenters. The highest BCUT2D eigenvalue weighted by molar-refractivity contribution is 8.00. The third-order valence-electron chi connectivity index (χ3n) is 7.19. The molecule has 0 spiro atoms. The Kier molecular flexibility index (Phi) is 11.8. The normalized spacial score (nSPS) is 23.1. The summed E-state index contributed by atoms with van der Waals surface area (Å²) in [7, 11) is 1.92. The Morgan fingerprint density at radius 2 is 1.89 bits per heavy atom. The van der Waals surface area contributed by atoms with Crippen molar-refractivity contribution in [3.05, 3.63) is 11.9 Å². The molecule has 3 aliphatic heterocycles. The molecule has 2 fully saturated rings. The summed E-state index contributed by atoms with van der Waals surface area (Å²) in [5.74, 6) is 1.07. The van der Waals surface area contributed by atoms with Crippen molar-refractivity contribution in [2.24, 2.45) is 0 Å². The molecule has 0 aromatic carbocycles. The molecule has 12 heteroatoms. The van der Waals surface area contributed by atoms with Gasteiger partial charge in [0.1, 0.15) is 0 Å². The number of thioether (sulfide) groups is 1. The molecule has 38 heavy (non-hydrogen) atoms. The minimum Gasteiger partial charge on any atom is -0.375 e. The molecule has 3 heterocycles. The number of carbonyl (C=O) groups excluding carboxylic acids is 2. The van der Waals surface area contributed by atoms with Crippen molar-refractivity contribution in [3.8, 4) is 0 Å². The van der Waals surface area contributed by atoms with Crippen molar-refractivity contribution in [1.82, 2.24) is 37.2 Å². The number of nitrogens with one attached hydrogen (secondary N) is 6. The van der Waals surface area contributed by atoms with Gasteiger partial charge in [-0.25, -0.2) is 4.79 Å². The van der Waals surface area contributed by atoms with Gasteiger partial charge in [-0.1, -0.05) is 6.42 Å². The number of rotatable bonds is 18. The second-order valence-electron chi connectivity index (χ2n) is 11.5. The fourth-order valence-corrected chi connectivity index (χ4v) is 6.34. The number of hydrogen-bond donors (Lipinski definition) is 6. The molecule has 0 aromatic rings. The first-order valence-electron chi connectivity index (χ1n) is 13.9. The molecule has 6 N–H and O–H groups in total. The van der Waals surface area contributed by atoms with Gasteiger partial charge in [0.15, 0.2) is 0 Å². The van der Waals surface area contributed by atoms with E-state index < -0.39 is 0 Å². The lowest BCUT2D eigenvalue weighted by Gasteiger charge is -2.30. The van der Waals surface area contributed by atoms with Crippen molar-refractivity contribution in [1.29, 1.82) is 0 Å². The van der Waals surface area contributed by atoms with Gasteiger partial charge >= 0.3 is 6.03 Å². The standard InChI is InChI=1S/C26H49N7O4S/c1-25(2,36-14-11-26(3,4)37-15-13-33-17-19(16-27-5)31-32-33)10-12-28-22(34)9-7-6-8-21-23-20(18-38-21)29-24(35)30-23/h17,20-21,23,27,31-32H,6-16,18H2,1-5H3,(H,28,34)(H2,29,30,35)/t20?,21-,23?/m0/s1. The van der Waals surface area contributed by atoms with Crippen LogP contribution < -0.4 is 32.2 Å². The summed E-state index contributed by atoms with van der Waals surface area (Å²) < 4.78 is 12.3. The second kappa shape index (κ2) is 14.6. The third kappa shape index (κ3) is 10.4. The lowest BCUT2D eigenvalue weighted by molar-refractivity contribution is -0.121. The summed E-state index contributed by atoms with van der Waals surface area (Å²) in [4.78, 5) is 23.8. The average Bonchev–Trinajstić information content (AvgIpc) is 3.53. The number of urea groups is 1. The summed E-state index contributed by atoms with van der Waals surface area (Å²) >= 11 is 1.92. The van der Waals surface area contributed by atoms with Crippen LogP contribution in [0.2, 0.25) is 0 Å². The van der Waals surface area contributed by atoms with Gasteiger partial charge in [0.05, 0.1) is 48.7 Å². The number of hydrazine groups is 2. The summed E-state index contributed by atoms with van der Waals surface area (Å²) in [6, 6.07) is 0.448. The van der Waals surface area contributed by atoms with Crippen LogP contribution in [0.5, 0.6) is 0 Å². The van der Waals surface area contributed by atoms with E-state index in [1.807, 2.05) is 30.0 Å². The number of fused-ring (bicyclic) bond motifs is 1. The molecule has 0 radical (unpaired) electrons. The van der Waals surface area contributed by atoms with Gasteiger partial charge in [-0.15, -0.1) is 5.53 Å². The van der Waals surface area contributed by atoms with Crippen LogP contribution in [-0.2, 0) is 14.3 Å². The van der Waals surface area contributed by atoms with Crippen LogP contribution in [0.4, 0.5) is 4.79 Å². The highest BCUT2D eigenvalue weighted by atomic mass is 32.2. The van der Waals surface area contributed by atoms with Gasteiger partial charge in [0, 0.05) is 36.7 Å². The lowest BCUT2D eigenvalue weighted by Crippen LogP contribution is -2.40. The van der Waals surface area contributed by atoms with Crippen molar-refractivity contribution in [3.63, 3.8) is 0 Å². The molecule has 0 aliphatic carbocycles. The topological polar surface area (TPSA) is 128 Å². The number of ether oxygens (including phenoxy) is 2. The Morgan fingerprint density at radius 3 is 2.68 bits per heavy atom. The van der Waals surface area contributed by atoms with E-state index in [9.17, 15) is 9.59 Å². The van der Waals surface area contributed by atoms with E-state index >= 15 is 0 Å². The van der Waals surface area contributed by atoms with Crippen molar-refractivity contribution < 1.29 is 19.1 Å². The Bertz CT molecular complexity index is 810. The van der Waals surface area contributed by atoms with Crippen LogP contribution in [0.3, 0.4) is 0 Å². The Balaban J connectivity index is 1.19. The predicted molar refractivity (Wildman–Crippen MR) is 151 cm³/mol. The third-order valence-corrected chi connectivity index (χ3v) is 8.70. The molecule has 3 atom stereocenters. The Labute approximate surface area is 232 Å². The van der Waals surface area contributed by atoms with E-state index in [-0.39, 0.29) is 35.2 Å². The van der Waals surface area contributed by atoms with Gasteiger partial charge in [0.25, 0.3) is 0 Å². The number of likely N-dealkylation sites (N-methyl/N-ethyl adjacent to an activating group) is 1. The molecule has 0 bridgehead atoms. The minimum atomic E-state index is -0.320. The molecule has 218 valence electrons. The minimum absolute atomic E-state index is 0.0471. The molecule has 3 rings (SSSR count). The van der Waals surface area contributed by atoms with E-state index in [2.05, 4.69) is 59.9 Å². The maximum Gasteiger partial charge on any atom is 0.315 e. The number of hydrogen-bond acceptors (Lipinski definition) is 9. The monoisotopic (exact) mass is 555 g/mol. The first-order chi connectivity index (χ1) is 18.1. The van der Waals surface area contributed by atoms with E-state index in [1.165, 1.54) is 0 Å². The number of nitrogens with zero attached hydrogens (tertiary/aromatic N) is 1. The summed E-state index contributed by atoms with van der Waals surface area (Å²) in [5.41, 5.74) is 6.71. The number of amides is 3. The number of carbonyl (C=O) groups is 2. The van der Waals surface area contributed by atoms with Gasteiger partial charge in [0.2, 0.25) is 5.91 Å². The van der Waals surface area contributed by atoms with Crippen molar-refractivity contribution in [2.45, 2.75) is 94.8 Å². The zero-order valence-corrected chi connectivity index (χ0v) is 24.6. The second-order valence-corrected chi connectivity index (χ2v) is 12.8. The van der Waals surface area contributed by atoms with Gasteiger partial charge in [-0.3, -0.25) is 9.80 Å². The van der Waals surface area contributed by atoms with Gasteiger partial charge in [-0.2, -0.15) is 11.8 Å². The quantitative estimate of drug-likeness (QED) is 0.110. The SMILES string of the molecule is CNCC1=CN(CCOC(C)(C)CCOC(C)(C)CCNC(=O)CCCC[C@@H]2SCC3NC(=O)NC32)NN1. The van der Waals surface area contributed by atoms with Crippen LogP contribution in [0.1, 0.15) is 66.2 Å². The van der Waals surface area contributed by atoms with Crippen molar-refractivity contribution in [2.75, 3.05) is 45.6 Å². The Morgan fingerprint density at radius 1 is 1.13 bits per heavy atom. The van der Waals surface area contributed by atoms with Gasteiger partial charge < -0.3 is 36.2 Å². The van der Waals surface area contributed by atoms with E-state index in [4.69, 9.17) is 9.47 Å². The molecular formula is C26H49N7O4S. The lowest BCUT2D eigenvalue weighted by atomic mass is 10.0. The fourth-order valence-electron chi connectivity index (χ4n) is 4.80. The van der Waals surface area contributed by atoms with Gasteiger partial charge in [-0.05, 0) is 60.4 Å². The summed E-state index contributed by atoms with van der Waals surface area (Å²) in [5, 5.41) is 14.6. The van der Waals surface area contributed by atoms with E-state index in [0.29, 0.717) is 31.4 Å². The number of unbranched alkanes of at least 4 members (excludes halogenated alkanes) is 1. The van der Waals surface area contributed by atoms with Crippen LogP contribution in [0.15, 0.2) is 11.9 Å². The van der Waals surface area contributed by atoms with Crippen LogP contribution in [0, 0.1) is 0 Å². The van der Waals surface area contributed by atoms with Crippen LogP contribution in [-0.4, -0.2) is 91.1 Å². The highest BCUT2D eigenvalue weighted by Crippen LogP contribution is 2.33. The fraction of sp³-hybridized carbons (Fsp3) is 0.846. The largest absolute Gasteiger partial charge is 0.375 e. The average molecular weight is 556 g/mol.